The number of urea groups is 1. The lowest BCUT2D eigenvalue weighted by Gasteiger charge is -2.17. The van der Waals surface area contributed by atoms with E-state index in [1.807, 2.05) is 6.92 Å². The van der Waals surface area contributed by atoms with Crippen molar-refractivity contribution in [3.63, 3.8) is 0 Å². The molecule has 0 spiro atoms. The molecule has 0 saturated heterocycles. The van der Waals surface area contributed by atoms with Crippen LogP contribution < -0.4 is 5.32 Å². The fourth-order valence-electron chi connectivity index (χ4n) is 1.75. The van der Waals surface area contributed by atoms with E-state index in [0.29, 0.717) is 5.69 Å². The molecule has 1 atom stereocenters. The number of likely N-dealkylation sites (N-methyl/N-ethyl adjacent to an activating group) is 1. The van der Waals surface area contributed by atoms with Gasteiger partial charge in [-0.05, 0) is 23.6 Å². The molecule has 0 heterocycles. The SMILES string of the molecule is CC(CC(=O)O)c1ccc(NC(=O)N(C)CCO)cc1. The number of aliphatic carboxylic acids is 1. The van der Waals surface area contributed by atoms with Crippen LogP contribution in [0.15, 0.2) is 24.3 Å². The minimum Gasteiger partial charge on any atom is -0.481 e. The van der Waals surface area contributed by atoms with E-state index in [9.17, 15) is 9.59 Å². The van der Waals surface area contributed by atoms with E-state index in [0.717, 1.165) is 5.56 Å². The molecule has 0 aliphatic carbocycles. The third-order valence-electron chi connectivity index (χ3n) is 2.99. The maximum absolute atomic E-state index is 11.7. The van der Waals surface area contributed by atoms with Crippen molar-refractivity contribution in [1.29, 1.82) is 0 Å². The van der Waals surface area contributed by atoms with Gasteiger partial charge in [0.1, 0.15) is 0 Å². The van der Waals surface area contributed by atoms with Gasteiger partial charge in [-0.25, -0.2) is 4.79 Å². The van der Waals surface area contributed by atoms with Crippen molar-refractivity contribution in [2.75, 3.05) is 25.5 Å². The minimum atomic E-state index is -0.833. The van der Waals surface area contributed by atoms with E-state index in [1.165, 1.54) is 4.90 Å². The Balaban J connectivity index is 2.62. The van der Waals surface area contributed by atoms with E-state index in [4.69, 9.17) is 10.2 Å². The number of nitrogens with one attached hydrogen (secondary N) is 1. The monoisotopic (exact) mass is 280 g/mol. The van der Waals surface area contributed by atoms with Gasteiger partial charge in [-0.3, -0.25) is 4.79 Å². The Morgan fingerprint density at radius 1 is 1.30 bits per heavy atom. The molecular formula is C14H20N2O4. The van der Waals surface area contributed by atoms with E-state index < -0.39 is 5.97 Å². The van der Waals surface area contributed by atoms with Crippen LogP contribution in [0.4, 0.5) is 10.5 Å². The van der Waals surface area contributed by atoms with Crippen LogP contribution in [-0.4, -0.2) is 47.3 Å². The zero-order valence-electron chi connectivity index (χ0n) is 11.7. The summed E-state index contributed by atoms with van der Waals surface area (Å²) in [5, 5.41) is 20.2. The molecule has 1 rings (SSSR count). The first-order valence-electron chi connectivity index (χ1n) is 6.38. The molecule has 0 bridgehead atoms. The van der Waals surface area contributed by atoms with E-state index in [1.54, 1.807) is 31.3 Å². The van der Waals surface area contributed by atoms with Crippen LogP contribution in [0.2, 0.25) is 0 Å². The number of aliphatic hydroxyl groups is 1. The number of nitrogens with zero attached hydrogens (tertiary/aromatic N) is 1. The molecular weight excluding hydrogens is 260 g/mol. The molecule has 0 saturated carbocycles. The molecule has 1 unspecified atom stereocenters. The van der Waals surface area contributed by atoms with Crippen LogP contribution in [0, 0.1) is 0 Å². The second-order valence-corrected chi connectivity index (χ2v) is 4.70. The molecule has 3 N–H and O–H groups in total. The fraction of sp³-hybridized carbons (Fsp3) is 0.429. The summed E-state index contributed by atoms with van der Waals surface area (Å²) in [6.45, 7) is 2.02. The van der Waals surface area contributed by atoms with Crippen LogP contribution in [0.1, 0.15) is 24.8 Å². The highest BCUT2D eigenvalue weighted by molar-refractivity contribution is 5.89. The Bertz CT molecular complexity index is 459. The highest BCUT2D eigenvalue weighted by Crippen LogP contribution is 2.21. The third-order valence-corrected chi connectivity index (χ3v) is 2.99. The highest BCUT2D eigenvalue weighted by Gasteiger charge is 2.11. The second-order valence-electron chi connectivity index (χ2n) is 4.70. The topological polar surface area (TPSA) is 89.9 Å². The lowest BCUT2D eigenvalue weighted by atomic mass is 9.98. The molecule has 0 aromatic heterocycles. The Morgan fingerprint density at radius 2 is 1.90 bits per heavy atom. The van der Waals surface area contributed by atoms with Crippen LogP contribution >= 0.6 is 0 Å². The Hall–Kier alpha value is -2.08. The molecule has 0 aliphatic rings. The average molecular weight is 280 g/mol. The molecule has 0 aliphatic heterocycles. The number of carbonyl (C=O) groups excluding carboxylic acids is 1. The largest absolute Gasteiger partial charge is 0.481 e. The summed E-state index contributed by atoms with van der Waals surface area (Å²) in [7, 11) is 1.59. The Morgan fingerprint density at radius 3 is 2.40 bits per heavy atom. The summed E-state index contributed by atoms with van der Waals surface area (Å²) in [6, 6.07) is 6.77. The molecule has 0 fully saturated rings. The quantitative estimate of drug-likeness (QED) is 0.740. The lowest BCUT2D eigenvalue weighted by Crippen LogP contribution is -2.33. The van der Waals surface area contributed by atoms with Crippen molar-refractivity contribution in [3.8, 4) is 0 Å². The number of anilines is 1. The van der Waals surface area contributed by atoms with Gasteiger partial charge in [-0.15, -0.1) is 0 Å². The van der Waals surface area contributed by atoms with Crippen molar-refractivity contribution >= 4 is 17.7 Å². The predicted molar refractivity (Wildman–Crippen MR) is 75.8 cm³/mol. The maximum Gasteiger partial charge on any atom is 0.321 e. The zero-order chi connectivity index (χ0) is 15.1. The number of rotatable bonds is 6. The minimum absolute atomic E-state index is 0.0743. The van der Waals surface area contributed by atoms with Crippen molar-refractivity contribution < 1.29 is 19.8 Å². The first kappa shape index (κ1) is 16.0. The summed E-state index contributed by atoms with van der Waals surface area (Å²) in [6.07, 6.45) is 0.0743. The number of carboxylic acid groups (broad SMARTS) is 1. The number of hydrogen-bond acceptors (Lipinski definition) is 3. The van der Waals surface area contributed by atoms with Crippen LogP contribution in [-0.2, 0) is 4.79 Å². The molecule has 2 amide bonds. The molecule has 6 nitrogen and oxygen atoms in total. The standard InChI is InChI=1S/C14H20N2O4/c1-10(9-13(18)19)11-3-5-12(6-4-11)15-14(20)16(2)7-8-17/h3-6,10,17H,7-9H2,1-2H3,(H,15,20)(H,18,19). The van der Waals surface area contributed by atoms with Crippen LogP contribution in [0.5, 0.6) is 0 Å². The van der Waals surface area contributed by atoms with Crippen molar-refractivity contribution in [1.82, 2.24) is 4.90 Å². The van der Waals surface area contributed by atoms with Gasteiger partial charge < -0.3 is 20.4 Å². The second kappa shape index (κ2) is 7.49. The first-order valence-corrected chi connectivity index (χ1v) is 6.38. The maximum atomic E-state index is 11.7. The van der Waals surface area contributed by atoms with Gasteiger partial charge in [-0.1, -0.05) is 19.1 Å². The number of aliphatic hydroxyl groups excluding tert-OH is 1. The number of carboxylic acids is 1. The summed E-state index contributed by atoms with van der Waals surface area (Å²) in [4.78, 5) is 23.7. The number of amides is 2. The van der Waals surface area contributed by atoms with Crippen LogP contribution in [0.3, 0.4) is 0 Å². The van der Waals surface area contributed by atoms with E-state index in [2.05, 4.69) is 5.32 Å². The third kappa shape index (κ3) is 4.89. The normalized spacial score (nSPS) is 11.8. The van der Waals surface area contributed by atoms with Gasteiger partial charge in [0.25, 0.3) is 0 Å². The lowest BCUT2D eigenvalue weighted by molar-refractivity contribution is -0.137. The molecule has 1 aromatic rings. The molecule has 1 aromatic carbocycles. The van der Waals surface area contributed by atoms with Crippen molar-refractivity contribution in [2.24, 2.45) is 0 Å². The van der Waals surface area contributed by atoms with E-state index in [-0.39, 0.29) is 31.5 Å². The molecule has 20 heavy (non-hydrogen) atoms. The molecule has 0 radical (unpaired) electrons. The smallest absolute Gasteiger partial charge is 0.321 e. The van der Waals surface area contributed by atoms with Gasteiger partial charge in [0.2, 0.25) is 0 Å². The fourth-order valence-corrected chi connectivity index (χ4v) is 1.75. The van der Waals surface area contributed by atoms with Gasteiger partial charge in [0.15, 0.2) is 0 Å². The Labute approximate surface area is 118 Å². The van der Waals surface area contributed by atoms with Crippen molar-refractivity contribution in [2.45, 2.75) is 19.3 Å². The summed E-state index contributed by atoms with van der Waals surface area (Å²) >= 11 is 0. The molecule has 110 valence electrons. The van der Waals surface area contributed by atoms with Crippen molar-refractivity contribution in [3.05, 3.63) is 29.8 Å². The number of benzene rings is 1. The van der Waals surface area contributed by atoms with Gasteiger partial charge in [-0.2, -0.15) is 0 Å². The van der Waals surface area contributed by atoms with Gasteiger partial charge >= 0.3 is 12.0 Å². The number of hydrogen-bond donors (Lipinski definition) is 3. The first-order chi connectivity index (χ1) is 9.43. The van der Waals surface area contributed by atoms with E-state index >= 15 is 0 Å². The number of carbonyl (C=O) groups is 2. The zero-order valence-corrected chi connectivity index (χ0v) is 11.7. The average Bonchev–Trinajstić information content (AvgIpc) is 2.39. The highest BCUT2D eigenvalue weighted by atomic mass is 16.4. The summed E-state index contributed by atoms with van der Waals surface area (Å²) in [5.74, 6) is -0.908. The van der Waals surface area contributed by atoms with Crippen LogP contribution in [0.25, 0.3) is 0 Å². The van der Waals surface area contributed by atoms with Gasteiger partial charge in [0, 0.05) is 19.3 Å². The summed E-state index contributed by atoms with van der Waals surface area (Å²) < 4.78 is 0. The molecule has 6 heteroatoms. The van der Waals surface area contributed by atoms with Gasteiger partial charge in [0.05, 0.1) is 13.0 Å². The Kier molecular flexibility index (Phi) is 5.99. The summed E-state index contributed by atoms with van der Waals surface area (Å²) in [5.41, 5.74) is 1.54. The predicted octanol–water partition coefficient (Wildman–Crippen LogP) is 1.72.